The molecule has 88 valence electrons. The van der Waals surface area contributed by atoms with E-state index in [2.05, 4.69) is 4.98 Å². The van der Waals surface area contributed by atoms with Crippen LogP contribution in [0.2, 0.25) is 5.02 Å². The van der Waals surface area contributed by atoms with Crippen molar-refractivity contribution in [2.45, 2.75) is 6.61 Å². The summed E-state index contributed by atoms with van der Waals surface area (Å²) in [5.74, 6) is 1.26. The zero-order chi connectivity index (χ0) is 12.1. The Hall–Kier alpha value is -1.58. The second-order valence-electron chi connectivity index (χ2n) is 3.49. The minimum absolute atomic E-state index is 0.522. The van der Waals surface area contributed by atoms with Crippen LogP contribution in [-0.4, -0.2) is 12.1 Å². The molecule has 0 amide bonds. The molecule has 1 aromatic heterocycles. The van der Waals surface area contributed by atoms with Crippen LogP contribution in [-0.2, 0) is 11.3 Å². The van der Waals surface area contributed by atoms with E-state index in [4.69, 9.17) is 21.1 Å². The monoisotopic (exact) mass is 249 g/mol. The molecule has 0 fully saturated rings. The van der Waals surface area contributed by atoms with E-state index in [0.29, 0.717) is 17.5 Å². The molecule has 0 atom stereocenters. The standard InChI is InChI=1S/C13H12ClNO2/c1-16-9-10-2-5-12(6-3-10)17-13-7-4-11(14)8-15-13/h2-8H,9H2,1H3. The first-order valence-corrected chi connectivity index (χ1v) is 5.53. The van der Waals surface area contributed by atoms with Gasteiger partial charge in [0, 0.05) is 19.4 Å². The first-order valence-electron chi connectivity index (χ1n) is 5.15. The topological polar surface area (TPSA) is 31.4 Å². The second-order valence-corrected chi connectivity index (χ2v) is 3.93. The van der Waals surface area contributed by atoms with E-state index in [0.717, 1.165) is 11.3 Å². The van der Waals surface area contributed by atoms with Crippen LogP contribution in [0.15, 0.2) is 42.6 Å². The van der Waals surface area contributed by atoms with Crippen LogP contribution in [0.1, 0.15) is 5.56 Å². The van der Waals surface area contributed by atoms with Crippen molar-refractivity contribution >= 4 is 11.6 Å². The molecule has 0 N–H and O–H groups in total. The van der Waals surface area contributed by atoms with E-state index in [1.807, 2.05) is 24.3 Å². The third-order valence-electron chi connectivity index (χ3n) is 2.16. The van der Waals surface area contributed by atoms with Gasteiger partial charge in [-0.25, -0.2) is 4.98 Å². The first kappa shape index (κ1) is 11.9. The van der Waals surface area contributed by atoms with Crippen LogP contribution < -0.4 is 4.74 Å². The molecular formula is C13H12ClNO2. The van der Waals surface area contributed by atoms with Gasteiger partial charge in [-0.15, -0.1) is 0 Å². The van der Waals surface area contributed by atoms with Crippen molar-refractivity contribution < 1.29 is 9.47 Å². The van der Waals surface area contributed by atoms with Gasteiger partial charge in [-0.2, -0.15) is 0 Å². The number of hydrogen-bond donors (Lipinski definition) is 0. The van der Waals surface area contributed by atoms with Gasteiger partial charge in [0.2, 0.25) is 5.88 Å². The SMILES string of the molecule is COCc1ccc(Oc2ccc(Cl)cn2)cc1. The number of pyridine rings is 1. The summed E-state index contributed by atoms with van der Waals surface area (Å²) >= 11 is 5.74. The van der Waals surface area contributed by atoms with Crippen molar-refractivity contribution in [3.8, 4) is 11.6 Å². The Kier molecular flexibility index (Phi) is 3.96. The molecule has 1 aromatic carbocycles. The Labute approximate surface area is 105 Å². The zero-order valence-corrected chi connectivity index (χ0v) is 10.1. The molecule has 1 heterocycles. The number of aromatic nitrogens is 1. The molecule has 0 saturated carbocycles. The summed E-state index contributed by atoms with van der Waals surface area (Å²) in [7, 11) is 1.67. The molecule has 0 aliphatic rings. The lowest BCUT2D eigenvalue weighted by atomic mass is 10.2. The summed E-state index contributed by atoms with van der Waals surface area (Å²) < 4.78 is 10.6. The van der Waals surface area contributed by atoms with Gasteiger partial charge in [0.15, 0.2) is 0 Å². The maximum Gasteiger partial charge on any atom is 0.219 e. The zero-order valence-electron chi connectivity index (χ0n) is 9.39. The van der Waals surface area contributed by atoms with Gasteiger partial charge in [-0.05, 0) is 23.8 Å². The Balaban J connectivity index is 2.05. The lowest BCUT2D eigenvalue weighted by molar-refractivity contribution is 0.185. The third kappa shape index (κ3) is 3.44. The number of hydrogen-bond acceptors (Lipinski definition) is 3. The van der Waals surface area contributed by atoms with Crippen LogP contribution in [0.3, 0.4) is 0 Å². The van der Waals surface area contributed by atoms with Crippen molar-refractivity contribution in [2.75, 3.05) is 7.11 Å². The van der Waals surface area contributed by atoms with Crippen LogP contribution in [0, 0.1) is 0 Å². The Bertz CT molecular complexity index is 468. The van der Waals surface area contributed by atoms with Crippen molar-refractivity contribution in [2.24, 2.45) is 0 Å². The number of halogens is 1. The third-order valence-corrected chi connectivity index (χ3v) is 2.38. The minimum Gasteiger partial charge on any atom is -0.439 e. The maximum atomic E-state index is 5.74. The van der Waals surface area contributed by atoms with Crippen LogP contribution in [0.4, 0.5) is 0 Å². The van der Waals surface area contributed by atoms with Gasteiger partial charge in [0.1, 0.15) is 5.75 Å². The Morgan fingerprint density at radius 1 is 1.12 bits per heavy atom. The largest absolute Gasteiger partial charge is 0.439 e. The molecule has 3 nitrogen and oxygen atoms in total. The minimum atomic E-state index is 0.522. The van der Waals surface area contributed by atoms with Crippen molar-refractivity contribution in [3.05, 3.63) is 53.2 Å². The highest BCUT2D eigenvalue weighted by molar-refractivity contribution is 6.30. The van der Waals surface area contributed by atoms with Gasteiger partial charge in [-0.1, -0.05) is 23.7 Å². The smallest absolute Gasteiger partial charge is 0.219 e. The van der Waals surface area contributed by atoms with E-state index < -0.39 is 0 Å². The quantitative estimate of drug-likeness (QED) is 0.828. The van der Waals surface area contributed by atoms with Crippen molar-refractivity contribution in [1.82, 2.24) is 4.98 Å². The molecular weight excluding hydrogens is 238 g/mol. The maximum absolute atomic E-state index is 5.74. The summed E-state index contributed by atoms with van der Waals surface area (Å²) in [6, 6.07) is 11.1. The van der Waals surface area contributed by atoms with Gasteiger partial charge in [0.05, 0.1) is 11.6 Å². The molecule has 0 saturated heterocycles. The van der Waals surface area contributed by atoms with E-state index in [1.165, 1.54) is 0 Å². The average molecular weight is 250 g/mol. The van der Waals surface area contributed by atoms with Crippen LogP contribution in [0.5, 0.6) is 11.6 Å². The Morgan fingerprint density at radius 3 is 2.47 bits per heavy atom. The molecule has 0 spiro atoms. The predicted octanol–water partition coefficient (Wildman–Crippen LogP) is 3.67. The number of benzene rings is 1. The molecule has 0 aliphatic heterocycles. The number of nitrogens with zero attached hydrogens (tertiary/aromatic N) is 1. The van der Waals surface area contributed by atoms with E-state index in [1.54, 1.807) is 25.4 Å². The average Bonchev–Trinajstić information content (AvgIpc) is 2.35. The molecule has 0 bridgehead atoms. The fourth-order valence-corrected chi connectivity index (χ4v) is 1.48. The molecule has 0 unspecified atom stereocenters. The molecule has 0 aliphatic carbocycles. The summed E-state index contributed by atoms with van der Waals surface area (Å²) in [5.41, 5.74) is 1.10. The summed E-state index contributed by atoms with van der Waals surface area (Å²) in [4.78, 5) is 4.05. The summed E-state index contributed by atoms with van der Waals surface area (Å²) in [6.07, 6.45) is 1.55. The summed E-state index contributed by atoms with van der Waals surface area (Å²) in [6.45, 7) is 0.597. The lowest BCUT2D eigenvalue weighted by Crippen LogP contribution is -1.89. The normalized spacial score (nSPS) is 10.2. The fraction of sp³-hybridized carbons (Fsp3) is 0.154. The first-order chi connectivity index (χ1) is 8.28. The van der Waals surface area contributed by atoms with Gasteiger partial charge >= 0.3 is 0 Å². The highest BCUT2D eigenvalue weighted by atomic mass is 35.5. The second kappa shape index (κ2) is 5.66. The molecule has 2 aromatic rings. The van der Waals surface area contributed by atoms with Crippen LogP contribution in [0.25, 0.3) is 0 Å². The highest BCUT2D eigenvalue weighted by Gasteiger charge is 1.99. The molecule has 2 rings (SSSR count). The highest BCUT2D eigenvalue weighted by Crippen LogP contribution is 2.20. The molecule has 0 radical (unpaired) electrons. The summed E-state index contributed by atoms with van der Waals surface area (Å²) in [5, 5.41) is 0.591. The number of ether oxygens (including phenoxy) is 2. The van der Waals surface area contributed by atoms with Crippen LogP contribution >= 0.6 is 11.6 Å². The molecule has 17 heavy (non-hydrogen) atoms. The lowest BCUT2D eigenvalue weighted by Gasteiger charge is -2.05. The van der Waals surface area contributed by atoms with E-state index >= 15 is 0 Å². The van der Waals surface area contributed by atoms with Crippen molar-refractivity contribution in [1.29, 1.82) is 0 Å². The van der Waals surface area contributed by atoms with Crippen molar-refractivity contribution in [3.63, 3.8) is 0 Å². The predicted molar refractivity (Wildman–Crippen MR) is 66.5 cm³/mol. The molecule has 4 heteroatoms. The van der Waals surface area contributed by atoms with E-state index in [-0.39, 0.29) is 0 Å². The van der Waals surface area contributed by atoms with Gasteiger partial charge in [-0.3, -0.25) is 0 Å². The number of rotatable bonds is 4. The number of methoxy groups -OCH3 is 1. The van der Waals surface area contributed by atoms with Gasteiger partial charge < -0.3 is 9.47 Å². The Morgan fingerprint density at radius 2 is 1.88 bits per heavy atom. The van der Waals surface area contributed by atoms with Gasteiger partial charge in [0.25, 0.3) is 0 Å². The van der Waals surface area contributed by atoms with E-state index in [9.17, 15) is 0 Å². The fourth-order valence-electron chi connectivity index (χ4n) is 1.36.